The Hall–Kier alpha value is -3.11. The van der Waals surface area contributed by atoms with Crippen LogP contribution < -0.4 is 9.47 Å². The summed E-state index contributed by atoms with van der Waals surface area (Å²) in [5, 5.41) is 17.9. The quantitative estimate of drug-likeness (QED) is 0.481. The van der Waals surface area contributed by atoms with Gasteiger partial charge in [-0.2, -0.15) is 13.2 Å². The number of aliphatic hydroxyl groups excluding tert-OH is 1. The molecule has 2 aromatic rings. The number of carbonyl (C=O) groups excluding carboxylic acids is 1. The fourth-order valence-electron chi connectivity index (χ4n) is 4.02. The molecule has 3 atom stereocenters. The van der Waals surface area contributed by atoms with Crippen LogP contribution >= 0.6 is 0 Å². The average molecular weight is 512 g/mol. The summed E-state index contributed by atoms with van der Waals surface area (Å²) < 4.78 is 42.3. The monoisotopic (exact) mass is 511 g/mol. The molecule has 3 rings (SSSR count). The van der Waals surface area contributed by atoms with Crippen molar-refractivity contribution in [1.82, 2.24) is 4.90 Å². The number of ether oxygens (including phenoxy) is 2. The topological polar surface area (TPSA) is 96.3 Å². The molecule has 1 aliphatic rings. The molecule has 2 aromatic carbocycles. The van der Waals surface area contributed by atoms with E-state index in [2.05, 4.69) is 4.90 Å². The molecule has 36 heavy (non-hydrogen) atoms. The molecule has 0 aromatic heterocycles. The lowest BCUT2D eigenvalue weighted by Crippen LogP contribution is -2.28. The molecule has 0 saturated heterocycles. The molecule has 1 fully saturated rings. The first-order valence-electron chi connectivity index (χ1n) is 11.3. The van der Waals surface area contributed by atoms with Gasteiger partial charge in [0.05, 0.1) is 20.3 Å². The molecule has 0 spiro atoms. The largest absolute Gasteiger partial charge is 0.497 e. The standard InChI is InChI=1S/C24H31NO4.C2HF3O2/c1-15-10-23(29-5)16(2)9-20(15)22(26)14-25(3)13-18-12-21(18)24(27)17-7-6-8-19(11-17)28-4;3-2(4,5)1(6)7/h6-11,18,21-22,26H,12-14H2,1-5H3;(H,6,7)/t18-,21+,22?;/m1./s1. The Morgan fingerprint density at radius 1 is 1.11 bits per heavy atom. The second kappa shape index (κ2) is 12.2. The van der Waals surface area contributed by atoms with Crippen LogP contribution in [-0.2, 0) is 4.79 Å². The van der Waals surface area contributed by atoms with Crippen LogP contribution in [0.3, 0.4) is 0 Å². The van der Waals surface area contributed by atoms with Gasteiger partial charge in [0.15, 0.2) is 5.78 Å². The number of aryl methyl sites for hydroxylation is 2. The number of methoxy groups -OCH3 is 2. The number of likely N-dealkylation sites (N-methyl/N-ethyl adjacent to an activating group) is 1. The second-order valence-corrected chi connectivity index (χ2v) is 8.92. The number of halogens is 3. The molecule has 0 heterocycles. The van der Waals surface area contributed by atoms with E-state index in [1.54, 1.807) is 20.3 Å². The van der Waals surface area contributed by atoms with Gasteiger partial charge in [0.2, 0.25) is 0 Å². The van der Waals surface area contributed by atoms with E-state index in [0.717, 1.165) is 35.4 Å². The van der Waals surface area contributed by atoms with Crippen LogP contribution in [0.25, 0.3) is 0 Å². The third-order valence-corrected chi connectivity index (χ3v) is 6.03. The van der Waals surface area contributed by atoms with Gasteiger partial charge >= 0.3 is 12.1 Å². The smallest absolute Gasteiger partial charge is 0.490 e. The number of carboxylic acid groups (broad SMARTS) is 1. The molecule has 198 valence electrons. The van der Waals surface area contributed by atoms with Crippen LogP contribution in [0.5, 0.6) is 11.5 Å². The van der Waals surface area contributed by atoms with Crippen molar-refractivity contribution >= 4 is 11.8 Å². The van der Waals surface area contributed by atoms with Crippen molar-refractivity contribution in [1.29, 1.82) is 0 Å². The van der Waals surface area contributed by atoms with Gasteiger partial charge in [-0.25, -0.2) is 4.79 Å². The summed E-state index contributed by atoms with van der Waals surface area (Å²) in [6.07, 6.45) is -4.76. The van der Waals surface area contributed by atoms with Gasteiger partial charge in [-0.15, -0.1) is 0 Å². The molecular weight excluding hydrogens is 479 g/mol. The summed E-state index contributed by atoms with van der Waals surface area (Å²) in [5.41, 5.74) is 3.67. The van der Waals surface area contributed by atoms with Crippen molar-refractivity contribution in [3.05, 3.63) is 58.7 Å². The van der Waals surface area contributed by atoms with E-state index >= 15 is 0 Å². The van der Waals surface area contributed by atoms with E-state index in [1.165, 1.54) is 0 Å². The number of aliphatic carboxylic acids is 1. The van der Waals surface area contributed by atoms with Gasteiger partial charge in [0.1, 0.15) is 11.5 Å². The van der Waals surface area contributed by atoms with Crippen LogP contribution in [-0.4, -0.2) is 67.4 Å². The number of ketones is 1. The first-order valence-corrected chi connectivity index (χ1v) is 11.3. The number of carboxylic acids is 1. The zero-order valence-corrected chi connectivity index (χ0v) is 20.9. The molecule has 0 radical (unpaired) electrons. The molecule has 0 aliphatic heterocycles. The third kappa shape index (κ3) is 7.96. The Labute approximate surface area is 208 Å². The molecule has 7 nitrogen and oxygen atoms in total. The number of benzene rings is 2. The predicted molar refractivity (Wildman–Crippen MR) is 128 cm³/mol. The Bertz CT molecular complexity index is 1070. The number of hydrogen-bond donors (Lipinski definition) is 2. The molecule has 1 aliphatic carbocycles. The van der Waals surface area contributed by atoms with Crippen molar-refractivity contribution in [3.63, 3.8) is 0 Å². The Morgan fingerprint density at radius 2 is 1.75 bits per heavy atom. The van der Waals surface area contributed by atoms with Crippen molar-refractivity contribution in [2.75, 3.05) is 34.4 Å². The van der Waals surface area contributed by atoms with Crippen LogP contribution in [0.2, 0.25) is 0 Å². The fourth-order valence-corrected chi connectivity index (χ4v) is 4.02. The van der Waals surface area contributed by atoms with E-state index in [4.69, 9.17) is 19.4 Å². The molecule has 1 unspecified atom stereocenters. The van der Waals surface area contributed by atoms with Crippen LogP contribution in [0.1, 0.15) is 39.6 Å². The number of alkyl halides is 3. The first-order chi connectivity index (χ1) is 16.8. The number of aliphatic hydroxyl groups is 1. The highest BCUT2D eigenvalue weighted by Crippen LogP contribution is 2.42. The van der Waals surface area contributed by atoms with Gasteiger partial charge in [-0.1, -0.05) is 12.1 Å². The second-order valence-electron chi connectivity index (χ2n) is 8.92. The Morgan fingerprint density at radius 3 is 2.31 bits per heavy atom. The Kier molecular flexibility index (Phi) is 9.89. The van der Waals surface area contributed by atoms with Crippen LogP contribution in [0.4, 0.5) is 13.2 Å². The molecule has 2 N–H and O–H groups in total. The summed E-state index contributed by atoms with van der Waals surface area (Å²) in [5.74, 6) is -0.629. The summed E-state index contributed by atoms with van der Waals surface area (Å²) in [4.78, 5) is 23.7. The van der Waals surface area contributed by atoms with Crippen LogP contribution in [0.15, 0.2) is 36.4 Å². The number of hydrogen-bond acceptors (Lipinski definition) is 6. The Balaban J connectivity index is 0.000000572. The van der Waals surface area contributed by atoms with Gasteiger partial charge in [-0.3, -0.25) is 4.79 Å². The maximum Gasteiger partial charge on any atom is 0.490 e. The minimum atomic E-state index is -5.08. The average Bonchev–Trinajstić information content (AvgIpc) is 3.58. The summed E-state index contributed by atoms with van der Waals surface area (Å²) in [6, 6.07) is 11.3. The van der Waals surface area contributed by atoms with E-state index in [9.17, 15) is 23.1 Å². The van der Waals surface area contributed by atoms with Gasteiger partial charge in [-0.05, 0) is 74.2 Å². The lowest BCUT2D eigenvalue weighted by Gasteiger charge is -2.23. The van der Waals surface area contributed by atoms with Gasteiger partial charge in [0, 0.05) is 24.6 Å². The predicted octanol–water partition coefficient (Wildman–Crippen LogP) is 4.44. The molecule has 10 heteroatoms. The first kappa shape index (κ1) is 29.1. The molecule has 0 bridgehead atoms. The van der Waals surface area contributed by atoms with E-state index in [1.807, 2.05) is 51.2 Å². The minimum absolute atomic E-state index is 0.0617. The lowest BCUT2D eigenvalue weighted by atomic mass is 9.99. The highest BCUT2D eigenvalue weighted by atomic mass is 19.4. The van der Waals surface area contributed by atoms with E-state index in [-0.39, 0.29) is 11.7 Å². The highest BCUT2D eigenvalue weighted by Gasteiger charge is 2.43. The zero-order chi connectivity index (χ0) is 27.2. The normalized spacial score (nSPS) is 17.6. The minimum Gasteiger partial charge on any atom is -0.497 e. The van der Waals surface area contributed by atoms with Crippen molar-refractivity contribution in [2.24, 2.45) is 11.8 Å². The molecule has 1 saturated carbocycles. The SMILES string of the molecule is COc1cccc(C(=O)[C@H]2C[C@@H]2CN(C)CC(O)c2cc(C)c(OC)cc2C)c1.O=C(O)C(F)(F)F. The van der Waals surface area contributed by atoms with Crippen molar-refractivity contribution < 1.29 is 42.4 Å². The highest BCUT2D eigenvalue weighted by molar-refractivity contribution is 6.00. The molecular formula is C26H32F3NO6. The van der Waals surface area contributed by atoms with Crippen LogP contribution in [0, 0.1) is 25.7 Å². The van der Waals surface area contributed by atoms with E-state index < -0.39 is 18.2 Å². The maximum absolute atomic E-state index is 12.7. The van der Waals surface area contributed by atoms with E-state index in [0.29, 0.717) is 23.8 Å². The van der Waals surface area contributed by atoms with Crippen molar-refractivity contribution in [2.45, 2.75) is 32.5 Å². The lowest BCUT2D eigenvalue weighted by molar-refractivity contribution is -0.192. The fraction of sp³-hybridized carbons (Fsp3) is 0.462. The number of nitrogens with zero attached hydrogens (tertiary/aromatic N) is 1. The van der Waals surface area contributed by atoms with Gasteiger partial charge in [0.25, 0.3) is 0 Å². The summed E-state index contributed by atoms with van der Waals surface area (Å²) in [6.45, 7) is 5.30. The zero-order valence-electron chi connectivity index (χ0n) is 20.9. The molecule has 0 amide bonds. The summed E-state index contributed by atoms with van der Waals surface area (Å²) >= 11 is 0. The number of rotatable bonds is 9. The van der Waals surface area contributed by atoms with Gasteiger partial charge < -0.3 is 24.6 Å². The maximum atomic E-state index is 12.7. The third-order valence-electron chi connectivity index (χ3n) is 6.03. The number of carbonyl (C=O) groups is 2. The summed E-state index contributed by atoms with van der Waals surface area (Å²) in [7, 11) is 5.26. The number of Topliss-reactive ketones (excluding diaryl/α,β-unsaturated/α-hetero) is 1. The van der Waals surface area contributed by atoms with Crippen molar-refractivity contribution in [3.8, 4) is 11.5 Å².